The Kier molecular flexibility index (Phi) is 7.84. The van der Waals surface area contributed by atoms with Crippen LogP contribution in [0.4, 0.5) is 0 Å². The van der Waals surface area contributed by atoms with Crippen molar-refractivity contribution in [2.75, 3.05) is 13.7 Å². The van der Waals surface area contributed by atoms with E-state index in [4.69, 9.17) is 19.3 Å². The number of methoxy groups -OCH3 is 1. The van der Waals surface area contributed by atoms with Gasteiger partial charge < -0.3 is 39.3 Å². The lowest BCUT2D eigenvalue weighted by atomic mass is 9.97. The van der Waals surface area contributed by atoms with E-state index in [-0.39, 0.29) is 0 Å². The van der Waals surface area contributed by atoms with Gasteiger partial charge in [0.15, 0.2) is 0 Å². The number of aliphatic hydroxyl groups is 2. The molecular formula is C16H21O14P3. The first-order valence-corrected chi connectivity index (χ1v) is 13.6. The molecule has 0 amide bonds. The molecule has 1 aliphatic rings. The fourth-order valence-electron chi connectivity index (χ4n) is 3.25. The summed E-state index contributed by atoms with van der Waals surface area (Å²) in [5.74, 6) is 0.346. The Labute approximate surface area is 186 Å². The molecule has 2 unspecified atom stereocenters. The van der Waals surface area contributed by atoms with Crippen LogP contribution in [0.1, 0.15) is 11.7 Å². The van der Waals surface area contributed by atoms with E-state index in [2.05, 4.69) is 13.1 Å². The molecule has 1 aliphatic heterocycles. The van der Waals surface area contributed by atoms with Crippen molar-refractivity contribution in [3.8, 4) is 5.75 Å². The molecule has 3 rings (SSSR count). The van der Waals surface area contributed by atoms with E-state index in [1.807, 2.05) is 18.2 Å². The zero-order chi connectivity index (χ0) is 24.6. The first kappa shape index (κ1) is 26.4. The van der Waals surface area contributed by atoms with Crippen molar-refractivity contribution < 1.29 is 66.1 Å². The van der Waals surface area contributed by atoms with Gasteiger partial charge in [0.25, 0.3) is 0 Å². The Morgan fingerprint density at radius 1 is 0.909 bits per heavy atom. The smallest absolute Gasteiger partial charge is 0.490 e. The minimum atomic E-state index is -5.69. The molecule has 1 heterocycles. The van der Waals surface area contributed by atoms with Crippen LogP contribution in [0, 0.1) is 0 Å². The number of rotatable bonds is 9. The highest BCUT2D eigenvalue weighted by Crippen LogP contribution is 2.66. The van der Waals surface area contributed by atoms with Crippen molar-refractivity contribution in [2.45, 2.75) is 24.4 Å². The summed E-state index contributed by atoms with van der Waals surface area (Å²) < 4.78 is 56.6. The first-order chi connectivity index (χ1) is 15.2. The maximum absolute atomic E-state index is 11.9. The van der Waals surface area contributed by atoms with E-state index in [1.165, 1.54) is 7.11 Å². The summed E-state index contributed by atoms with van der Waals surface area (Å²) in [5, 5.41) is 22.4. The third-order valence-corrected chi connectivity index (χ3v) is 8.39. The van der Waals surface area contributed by atoms with Crippen LogP contribution >= 0.6 is 23.5 Å². The van der Waals surface area contributed by atoms with Gasteiger partial charge in [-0.3, -0.25) is 4.52 Å². The van der Waals surface area contributed by atoms with Gasteiger partial charge in [-0.1, -0.05) is 24.3 Å². The van der Waals surface area contributed by atoms with Gasteiger partial charge in [-0.25, -0.2) is 13.7 Å². The van der Waals surface area contributed by atoms with Gasteiger partial charge in [0.2, 0.25) is 0 Å². The van der Waals surface area contributed by atoms with Gasteiger partial charge in [0, 0.05) is 5.56 Å². The molecule has 0 spiro atoms. The van der Waals surface area contributed by atoms with Gasteiger partial charge >= 0.3 is 23.5 Å². The van der Waals surface area contributed by atoms with Gasteiger partial charge in [-0.2, -0.15) is 8.62 Å². The largest absolute Gasteiger partial charge is 0.496 e. The standard InChI is InChI=1S/C16H21O14P3/c1-26-12-7-10-5-3-2-4-9(10)6-11(12)16-15(18)14(17)13(28-16)8-27-32(22,23)30-33(24,25)29-31(19,20)21/h2-7,13-18H,8H2,1H3,(H,22,23)(H,24,25)(H2,19,20,21)/t13-,14-,15-,16+/m1/s1. The third kappa shape index (κ3) is 6.68. The molecule has 6 N–H and O–H groups in total. The molecular weight excluding hydrogens is 509 g/mol. The van der Waals surface area contributed by atoms with Crippen molar-refractivity contribution in [2.24, 2.45) is 0 Å². The van der Waals surface area contributed by atoms with Crippen LogP contribution in [0.15, 0.2) is 36.4 Å². The van der Waals surface area contributed by atoms with E-state index in [0.717, 1.165) is 10.8 Å². The van der Waals surface area contributed by atoms with Gasteiger partial charge in [-0.05, 0) is 22.9 Å². The first-order valence-electron chi connectivity index (χ1n) is 9.08. The highest BCUT2D eigenvalue weighted by atomic mass is 31.3. The summed E-state index contributed by atoms with van der Waals surface area (Å²) in [6.07, 6.45) is -5.65. The summed E-state index contributed by atoms with van der Waals surface area (Å²) in [4.78, 5) is 35.8. The van der Waals surface area contributed by atoms with E-state index in [9.17, 15) is 33.7 Å². The summed E-state index contributed by atoms with van der Waals surface area (Å²) in [6, 6.07) is 10.7. The Morgan fingerprint density at radius 2 is 1.52 bits per heavy atom. The molecule has 33 heavy (non-hydrogen) atoms. The van der Waals surface area contributed by atoms with Crippen molar-refractivity contribution in [1.29, 1.82) is 0 Å². The van der Waals surface area contributed by atoms with Crippen LogP contribution in [0.5, 0.6) is 5.75 Å². The van der Waals surface area contributed by atoms with E-state index >= 15 is 0 Å². The number of ether oxygens (including phenoxy) is 2. The molecule has 14 nitrogen and oxygen atoms in total. The van der Waals surface area contributed by atoms with Crippen molar-refractivity contribution in [3.05, 3.63) is 42.0 Å². The second kappa shape index (κ2) is 9.80. The Bertz CT molecular complexity index is 1150. The van der Waals surface area contributed by atoms with Crippen molar-refractivity contribution in [3.63, 3.8) is 0 Å². The second-order valence-corrected chi connectivity index (χ2v) is 11.3. The molecule has 0 aliphatic carbocycles. The number of hydrogen-bond acceptors (Lipinski definition) is 10. The summed E-state index contributed by atoms with van der Waals surface area (Å²) in [7, 11) is -15.2. The Balaban J connectivity index is 1.73. The average Bonchev–Trinajstić information content (AvgIpc) is 2.97. The van der Waals surface area contributed by atoms with Gasteiger partial charge in [-0.15, -0.1) is 0 Å². The number of phosphoric ester groups is 1. The molecule has 1 saturated heterocycles. The number of aliphatic hydroxyl groups excluding tert-OH is 2. The fraction of sp³-hybridized carbons (Fsp3) is 0.375. The Hall–Kier alpha value is -1.21. The number of hydrogen-bond donors (Lipinski definition) is 6. The van der Waals surface area contributed by atoms with E-state index < -0.39 is 54.5 Å². The topological polar surface area (TPSA) is 219 Å². The van der Waals surface area contributed by atoms with Gasteiger partial charge in [0.05, 0.1) is 13.7 Å². The van der Waals surface area contributed by atoms with Gasteiger partial charge in [0.1, 0.15) is 30.2 Å². The molecule has 184 valence electrons. The van der Waals surface area contributed by atoms with Crippen LogP contribution in [-0.4, -0.2) is 61.8 Å². The molecule has 0 saturated carbocycles. The van der Waals surface area contributed by atoms with E-state index in [1.54, 1.807) is 18.2 Å². The lowest BCUT2D eigenvalue weighted by Gasteiger charge is -2.19. The fourth-order valence-corrected chi connectivity index (χ4v) is 6.28. The van der Waals surface area contributed by atoms with Crippen LogP contribution < -0.4 is 4.74 Å². The zero-order valence-electron chi connectivity index (χ0n) is 16.8. The normalized spacial score (nSPS) is 27.2. The molecule has 0 radical (unpaired) electrons. The molecule has 17 heteroatoms. The Morgan fingerprint density at radius 3 is 2.09 bits per heavy atom. The predicted molar refractivity (Wildman–Crippen MR) is 110 cm³/mol. The molecule has 1 fully saturated rings. The molecule has 2 aromatic rings. The number of fused-ring (bicyclic) bond motifs is 1. The summed E-state index contributed by atoms with van der Waals surface area (Å²) in [5.41, 5.74) is 0.378. The van der Waals surface area contributed by atoms with Crippen LogP contribution in [-0.2, 0) is 31.6 Å². The van der Waals surface area contributed by atoms with Crippen molar-refractivity contribution in [1.82, 2.24) is 0 Å². The minimum absolute atomic E-state index is 0.346. The predicted octanol–water partition coefficient (Wildman–Crippen LogP) is 1.35. The lowest BCUT2D eigenvalue weighted by molar-refractivity contribution is -0.0227. The highest BCUT2D eigenvalue weighted by molar-refractivity contribution is 7.66. The maximum Gasteiger partial charge on any atom is 0.490 e. The zero-order valence-corrected chi connectivity index (χ0v) is 19.5. The van der Waals surface area contributed by atoms with Crippen molar-refractivity contribution >= 4 is 34.2 Å². The molecule has 0 aromatic heterocycles. The monoisotopic (exact) mass is 530 g/mol. The quantitative estimate of drug-likeness (QED) is 0.252. The highest BCUT2D eigenvalue weighted by Gasteiger charge is 2.47. The maximum atomic E-state index is 11.9. The number of benzene rings is 2. The average molecular weight is 530 g/mol. The third-order valence-electron chi connectivity index (χ3n) is 4.58. The number of phosphoric acid groups is 3. The second-order valence-electron chi connectivity index (χ2n) is 6.90. The molecule has 0 bridgehead atoms. The molecule has 6 atom stereocenters. The summed E-state index contributed by atoms with van der Waals surface area (Å²) in [6.45, 7) is -0.908. The van der Waals surface area contributed by atoms with Crippen LogP contribution in [0.25, 0.3) is 10.8 Å². The molecule has 2 aromatic carbocycles. The van der Waals surface area contributed by atoms with Crippen LogP contribution in [0.3, 0.4) is 0 Å². The van der Waals surface area contributed by atoms with E-state index in [0.29, 0.717) is 11.3 Å². The minimum Gasteiger partial charge on any atom is -0.496 e. The lowest BCUT2D eigenvalue weighted by Crippen LogP contribution is -2.33. The summed E-state index contributed by atoms with van der Waals surface area (Å²) >= 11 is 0. The SMILES string of the molecule is COc1cc2ccccc2cc1[C@@H]1O[C@H](COP(=O)(O)OP(=O)(O)OP(=O)(O)O)[C@@H](O)[C@H]1O. The van der Waals surface area contributed by atoms with Crippen LogP contribution in [0.2, 0.25) is 0 Å².